The summed E-state index contributed by atoms with van der Waals surface area (Å²) in [5.74, 6) is 0. The summed E-state index contributed by atoms with van der Waals surface area (Å²) in [4.78, 5) is 5.06. The van der Waals surface area contributed by atoms with Crippen LogP contribution in [0, 0.1) is 0 Å². The molecule has 0 spiro atoms. The molecule has 0 aliphatic carbocycles. The van der Waals surface area contributed by atoms with Gasteiger partial charge in [0.05, 0.1) is 0 Å². The van der Waals surface area contributed by atoms with Gasteiger partial charge in [-0.25, -0.2) is 0 Å². The second-order valence-corrected chi connectivity index (χ2v) is 5.35. The molecule has 1 saturated heterocycles. The minimum absolute atomic E-state index is 1.15. The first-order valence-corrected chi connectivity index (χ1v) is 6.90. The topological polar surface area (TPSA) is 6.48 Å². The molecule has 2 heterocycles. The van der Waals surface area contributed by atoms with Gasteiger partial charge in [0.2, 0.25) is 0 Å². The third-order valence-electron chi connectivity index (χ3n) is 4.16. The molecule has 0 N–H and O–H groups in total. The molecule has 2 aliphatic rings. The molecule has 0 aromatic heterocycles. The number of hydrogen-bond donors (Lipinski definition) is 0. The minimum atomic E-state index is 1.15. The Morgan fingerprint density at radius 3 is 2.65 bits per heavy atom. The van der Waals surface area contributed by atoms with E-state index in [-0.39, 0.29) is 0 Å². The molecule has 0 unspecified atom stereocenters. The van der Waals surface area contributed by atoms with E-state index in [1.54, 1.807) is 11.1 Å². The molecule has 1 aromatic carbocycles. The molecule has 2 heteroatoms. The van der Waals surface area contributed by atoms with Crippen LogP contribution in [0.2, 0.25) is 0 Å². The van der Waals surface area contributed by atoms with Crippen LogP contribution in [-0.2, 0) is 19.5 Å². The van der Waals surface area contributed by atoms with Crippen molar-refractivity contribution in [2.45, 2.75) is 32.9 Å². The van der Waals surface area contributed by atoms with E-state index < -0.39 is 0 Å². The largest absolute Gasteiger partial charge is 0.299 e. The van der Waals surface area contributed by atoms with Crippen LogP contribution in [0.3, 0.4) is 0 Å². The highest BCUT2D eigenvalue weighted by Gasteiger charge is 2.17. The quantitative estimate of drug-likeness (QED) is 0.786. The Balaban J connectivity index is 1.72. The highest BCUT2D eigenvalue weighted by atomic mass is 15.2. The lowest BCUT2D eigenvalue weighted by Crippen LogP contribution is -2.36. The van der Waals surface area contributed by atoms with Gasteiger partial charge in [-0.1, -0.05) is 25.1 Å². The first-order valence-electron chi connectivity index (χ1n) is 6.90. The van der Waals surface area contributed by atoms with Crippen molar-refractivity contribution in [3.63, 3.8) is 0 Å². The van der Waals surface area contributed by atoms with Crippen LogP contribution in [0.4, 0.5) is 0 Å². The Bertz CT molecular complexity index is 396. The fraction of sp³-hybridized carbons (Fsp3) is 0.600. The monoisotopic (exact) mass is 230 g/mol. The van der Waals surface area contributed by atoms with E-state index in [9.17, 15) is 0 Å². The average molecular weight is 230 g/mol. The molecular weight excluding hydrogens is 208 g/mol. The fourth-order valence-corrected chi connectivity index (χ4v) is 2.83. The number of nitrogens with zero attached hydrogens (tertiary/aromatic N) is 2. The Labute approximate surface area is 104 Å². The first kappa shape index (κ1) is 11.2. The third-order valence-corrected chi connectivity index (χ3v) is 4.16. The van der Waals surface area contributed by atoms with Gasteiger partial charge in [-0.3, -0.25) is 9.80 Å². The van der Waals surface area contributed by atoms with Gasteiger partial charge in [0.1, 0.15) is 0 Å². The molecule has 2 aliphatic heterocycles. The second kappa shape index (κ2) is 4.79. The fourth-order valence-electron chi connectivity index (χ4n) is 2.83. The molecule has 1 fully saturated rings. The van der Waals surface area contributed by atoms with Gasteiger partial charge in [-0.05, 0) is 49.2 Å². The lowest BCUT2D eigenvalue weighted by Gasteiger charge is -2.32. The van der Waals surface area contributed by atoms with Crippen LogP contribution in [0.1, 0.15) is 30.0 Å². The maximum Gasteiger partial charge on any atom is 0.0236 e. The molecular formula is C15H22N2. The van der Waals surface area contributed by atoms with E-state index in [0.29, 0.717) is 0 Å². The SMILES string of the molecule is CCN1CCc2cc(CN3CCC3)ccc2C1. The van der Waals surface area contributed by atoms with Crippen molar-refractivity contribution in [3.05, 3.63) is 34.9 Å². The van der Waals surface area contributed by atoms with E-state index in [0.717, 1.165) is 13.1 Å². The third kappa shape index (κ3) is 2.38. The molecule has 0 saturated carbocycles. The minimum Gasteiger partial charge on any atom is -0.299 e. The first-order chi connectivity index (χ1) is 8.35. The zero-order chi connectivity index (χ0) is 11.7. The van der Waals surface area contributed by atoms with Gasteiger partial charge >= 0.3 is 0 Å². The van der Waals surface area contributed by atoms with Gasteiger partial charge in [0.15, 0.2) is 0 Å². The molecule has 0 bridgehead atoms. The number of benzene rings is 1. The molecule has 0 amide bonds. The Morgan fingerprint density at radius 2 is 1.94 bits per heavy atom. The molecule has 0 atom stereocenters. The van der Waals surface area contributed by atoms with Crippen molar-refractivity contribution in [1.82, 2.24) is 9.80 Å². The number of likely N-dealkylation sites (tertiary alicyclic amines) is 1. The summed E-state index contributed by atoms with van der Waals surface area (Å²) in [5, 5.41) is 0. The van der Waals surface area contributed by atoms with Gasteiger partial charge in [-0.2, -0.15) is 0 Å². The highest BCUT2D eigenvalue weighted by Crippen LogP contribution is 2.21. The summed E-state index contributed by atoms with van der Waals surface area (Å²) < 4.78 is 0. The van der Waals surface area contributed by atoms with Gasteiger partial charge in [0, 0.05) is 19.6 Å². The molecule has 0 radical (unpaired) electrons. The predicted octanol–water partition coefficient (Wildman–Crippen LogP) is 2.27. The Kier molecular flexibility index (Phi) is 3.17. The number of likely N-dealkylation sites (N-methyl/N-ethyl adjacent to an activating group) is 1. The number of rotatable bonds is 3. The van der Waals surface area contributed by atoms with Crippen LogP contribution < -0.4 is 0 Å². The summed E-state index contributed by atoms with van der Waals surface area (Å²) in [5.41, 5.74) is 4.64. The average Bonchev–Trinajstić information content (AvgIpc) is 2.33. The molecule has 3 rings (SSSR count). The van der Waals surface area contributed by atoms with E-state index in [1.807, 2.05) is 0 Å². The standard InChI is InChI=1S/C15H22N2/c1-2-16-9-6-14-10-13(4-5-15(14)12-16)11-17-7-3-8-17/h4-5,10H,2-3,6-9,11-12H2,1H3. The lowest BCUT2D eigenvalue weighted by atomic mass is 9.97. The summed E-state index contributed by atoms with van der Waals surface area (Å²) in [6.07, 6.45) is 2.62. The zero-order valence-corrected chi connectivity index (χ0v) is 10.8. The van der Waals surface area contributed by atoms with Crippen LogP contribution in [0.15, 0.2) is 18.2 Å². The van der Waals surface area contributed by atoms with E-state index in [4.69, 9.17) is 0 Å². The molecule has 17 heavy (non-hydrogen) atoms. The van der Waals surface area contributed by atoms with Crippen molar-refractivity contribution < 1.29 is 0 Å². The summed E-state index contributed by atoms with van der Waals surface area (Å²) in [6.45, 7) is 9.55. The van der Waals surface area contributed by atoms with E-state index >= 15 is 0 Å². The maximum atomic E-state index is 2.53. The predicted molar refractivity (Wildman–Crippen MR) is 71.0 cm³/mol. The van der Waals surface area contributed by atoms with Crippen LogP contribution in [0.5, 0.6) is 0 Å². The number of fused-ring (bicyclic) bond motifs is 1. The van der Waals surface area contributed by atoms with Crippen molar-refractivity contribution in [1.29, 1.82) is 0 Å². The van der Waals surface area contributed by atoms with Crippen molar-refractivity contribution in [2.75, 3.05) is 26.2 Å². The van der Waals surface area contributed by atoms with Crippen molar-refractivity contribution in [3.8, 4) is 0 Å². The summed E-state index contributed by atoms with van der Waals surface area (Å²) in [6, 6.07) is 7.13. The van der Waals surface area contributed by atoms with Crippen LogP contribution >= 0.6 is 0 Å². The van der Waals surface area contributed by atoms with Gasteiger partial charge < -0.3 is 0 Å². The highest BCUT2D eigenvalue weighted by molar-refractivity contribution is 5.34. The normalized spacial score (nSPS) is 21.0. The van der Waals surface area contributed by atoms with E-state index in [2.05, 4.69) is 34.9 Å². The Morgan fingerprint density at radius 1 is 1.06 bits per heavy atom. The van der Waals surface area contributed by atoms with Crippen LogP contribution in [0.25, 0.3) is 0 Å². The van der Waals surface area contributed by atoms with Crippen molar-refractivity contribution >= 4 is 0 Å². The molecule has 1 aromatic rings. The van der Waals surface area contributed by atoms with E-state index in [1.165, 1.54) is 44.6 Å². The summed E-state index contributed by atoms with van der Waals surface area (Å²) in [7, 11) is 0. The van der Waals surface area contributed by atoms with Crippen molar-refractivity contribution in [2.24, 2.45) is 0 Å². The summed E-state index contributed by atoms with van der Waals surface area (Å²) >= 11 is 0. The van der Waals surface area contributed by atoms with Crippen LogP contribution in [-0.4, -0.2) is 36.0 Å². The number of hydrogen-bond acceptors (Lipinski definition) is 2. The molecule has 2 nitrogen and oxygen atoms in total. The Hall–Kier alpha value is -0.860. The molecule has 92 valence electrons. The lowest BCUT2D eigenvalue weighted by molar-refractivity contribution is 0.172. The van der Waals surface area contributed by atoms with Gasteiger partial charge in [0.25, 0.3) is 0 Å². The smallest absolute Gasteiger partial charge is 0.0236 e. The van der Waals surface area contributed by atoms with Gasteiger partial charge in [-0.15, -0.1) is 0 Å². The second-order valence-electron chi connectivity index (χ2n) is 5.35. The zero-order valence-electron chi connectivity index (χ0n) is 10.8. The maximum absolute atomic E-state index is 2.53.